The van der Waals surface area contributed by atoms with Crippen LogP contribution in [0.2, 0.25) is 0 Å². The smallest absolute Gasteiger partial charge is 0.404 e. The minimum absolute atomic E-state index is 0.00639. The number of aliphatic hydroxyl groups is 1. The van der Waals surface area contributed by atoms with Crippen molar-refractivity contribution in [3.63, 3.8) is 0 Å². The summed E-state index contributed by atoms with van der Waals surface area (Å²) in [6, 6.07) is 0. The Morgan fingerprint density at radius 3 is 1.53 bits per heavy atom. The van der Waals surface area contributed by atoms with Crippen molar-refractivity contribution in [2.24, 2.45) is 11.8 Å². The number of rotatable bonds is 3. The van der Waals surface area contributed by atoms with E-state index >= 15 is 0 Å². The number of hydrogen-bond donors (Lipinski definition) is 1. The fourth-order valence-electron chi connectivity index (χ4n) is 4.31. The first-order chi connectivity index (χ1) is 9.38. The molecular weight excluding hydrogens is 239 g/mol. The van der Waals surface area contributed by atoms with E-state index in [4.69, 9.17) is 9.31 Å². The van der Waals surface area contributed by atoms with Crippen LogP contribution in [0.25, 0.3) is 0 Å². The van der Waals surface area contributed by atoms with Gasteiger partial charge in [0.05, 0.1) is 18.7 Å². The molecule has 0 bridgehead atoms. The van der Waals surface area contributed by atoms with Gasteiger partial charge in [0.15, 0.2) is 0 Å². The van der Waals surface area contributed by atoms with Crippen LogP contribution >= 0.6 is 0 Å². The lowest BCUT2D eigenvalue weighted by Crippen LogP contribution is -2.38. The van der Waals surface area contributed by atoms with E-state index in [2.05, 4.69) is 0 Å². The molecule has 3 rings (SSSR count). The molecule has 2 atom stereocenters. The molecule has 0 unspecified atom stereocenters. The van der Waals surface area contributed by atoms with Crippen molar-refractivity contribution in [1.29, 1.82) is 0 Å². The third-order valence-electron chi connectivity index (χ3n) is 5.32. The maximum Gasteiger partial charge on any atom is 0.484 e. The standard InChI is InChI=1S/C15H27BO3/c17-11-16-18-14(12-7-3-1-4-8-12)15(19-16)13-9-5-2-6-10-13/h12-15,17H,1-11H2/t14-,15-/m0/s1. The van der Waals surface area contributed by atoms with Crippen molar-refractivity contribution in [2.45, 2.75) is 76.4 Å². The fraction of sp³-hybridized carbons (Fsp3) is 1.00. The summed E-state index contributed by atoms with van der Waals surface area (Å²) in [5.74, 6) is 1.33. The molecule has 0 aromatic carbocycles. The van der Waals surface area contributed by atoms with Crippen LogP contribution in [0.5, 0.6) is 0 Å². The summed E-state index contributed by atoms with van der Waals surface area (Å²) in [6.07, 6.45) is 13.8. The zero-order valence-electron chi connectivity index (χ0n) is 11.9. The van der Waals surface area contributed by atoms with E-state index in [9.17, 15) is 5.11 Å². The fourth-order valence-corrected chi connectivity index (χ4v) is 4.31. The second-order valence-corrected chi connectivity index (χ2v) is 6.61. The molecule has 3 fully saturated rings. The normalized spacial score (nSPS) is 34.9. The number of hydrogen-bond acceptors (Lipinski definition) is 3. The van der Waals surface area contributed by atoms with Gasteiger partial charge in [0, 0.05) is 0 Å². The molecule has 2 saturated carbocycles. The lowest BCUT2D eigenvalue weighted by molar-refractivity contribution is 0.0324. The second-order valence-electron chi connectivity index (χ2n) is 6.61. The molecule has 1 heterocycles. The van der Waals surface area contributed by atoms with Gasteiger partial charge in [0.1, 0.15) is 0 Å². The van der Waals surface area contributed by atoms with E-state index in [0.717, 1.165) is 0 Å². The van der Waals surface area contributed by atoms with Gasteiger partial charge in [-0.05, 0) is 37.5 Å². The Bertz CT molecular complexity index is 249. The maximum atomic E-state index is 9.35. The largest absolute Gasteiger partial charge is 0.484 e. The summed E-state index contributed by atoms with van der Waals surface area (Å²) in [6.45, 7) is 0.00639. The lowest BCUT2D eigenvalue weighted by atomic mass is 9.77. The highest BCUT2D eigenvalue weighted by Gasteiger charge is 2.46. The Morgan fingerprint density at radius 1 is 0.737 bits per heavy atom. The molecule has 0 spiro atoms. The summed E-state index contributed by atoms with van der Waals surface area (Å²) in [5, 5.41) is 9.35. The zero-order chi connectivity index (χ0) is 13.1. The number of aliphatic hydroxyl groups excluding tert-OH is 1. The quantitative estimate of drug-likeness (QED) is 0.798. The van der Waals surface area contributed by atoms with Crippen LogP contribution in [0.1, 0.15) is 64.2 Å². The van der Waals surface area contributed by atoms with Crippen LogP contribution in [-0.4, -0.2) is 30.9 Å². The van der Waals surface area contributed by atoms with E-state index in [-0.39, 0.29) is 25.8 Å². The molecule has 0 amide bonds. The van der Waals surface area contributed by atoms with Gasteiger partial charge in [0.25, 0.3) is 0 Å². The minimum Gasteiger partial charge on any atom is -0.404 e. The van der Waals surface area contributed by atoms with Crippen LogP contribution in [0.4, 0.5) is 0 Å². The highest BCUT2D eigenvalue weighted by atomic mass is 16.7. The molecule has 3 nitrogen and oxygen atoms in total. The van der Waals surface area contributed by atoms with Crippen LogP contribution in [0.3, 0.4) is 0 Å². The summed E-state index contributed by atoms with van der Waals surface area (Å²) in [7, 11) is -0.362. The van der Waals surface area contributed by atoms with Crippen molar-refractivity contribution in [3.05, 3.63) is 0 Å². The predicted octanol–water partition coefficient (Wildman–Crippen LogP) is 2.95. The van der Waals surface area contributed by atoms with Gasteiger partial charge in [-0.2, -0.15) is 0 Å². The zero-order valence-corrected chi connectivity index (χ0v) is 11.9. The molecule has 1 N–H and O–H groups in total. The molecule has 0 aromatic rings. The highest BCUT2D eigenvalue weighted by molar-refractivity contribution is 6.44. The second kappa shape index (κ2) is 6.60. The molecule has 0 aromatic heterocycles. The first kappa shape index (κ1) is 13.9. The average molecular weight is 266 g/mol. The van der Waals surface area contributed by atoms with E-state index < -0.39 is 0 Å². The molecule has 1 aliphatic heterocycles. The predicted molar refractivity (Wildman–Crippen MR) is 75.7 cm³/mol. The third kappa shape index (κ3) is 3.17. The molecule has 3 aliphatic rings. The Kier molecular flexibility index (Phi) is 4.83. The van der Waals surface area contributed by atoms with Gasteiger partial charge in [-0.15, -0.1) is 0 Å². The SMILES string of the molecule is OCB1O[C@@H](C2CCCCC2)[C@H](C2CCCCC2)O1. The summed E-state index contributed by atoms with van der Waals surface area (Å²) < 4.78 is 12.1. The van der Waals surface area contributed by atoms with Crippen molar-refractivity contribution in [1.82, 2.24) is 0 Å². The molecule has 19 heavy (non-hydrogen) atoms. The van der Waals surface area contributed by atoms with E-state index in [1.54, 1.807) is 0 Å². The summed E-state index contributed by atoms with van der Waals surface area (Å²) in [5.41, 5.74) is 0. The topological polar surface area (TPSA) is 38.7 Å². The van der Waals surface area contributed by atoms with Crippen molar-refractivity contribution in [3.8, 4) is 0 Å². The Hall–Kier alpha value is -0.0551. The maximum absolute atomic E-state index is 9.35. The van der Waals surface area contributed by atoms with Crippen LogP contribution in [0.15, 0.2) is 0 Å². The molecular formula is C15H27BO3. The van der Waals surface area contributed by atoms with Gasteiger partial charge in [-0.3, -0.25) is 0 Å². The monoisotopic (exact) mass is 266 g/mol. The summed E-state index contributed by atoms with van der Waals surface area (Å²) >= 11 is 0. The first-order valence-electron chi connectivity index (χ1n) is 8.30. The van der Waals surface area contributed by atoms with Crippen LogP contribution < -0.4 is 0 Å². The van der Waals surface area contributed by atoms with Crippen LogP contribution in [0, 0.1) is 11.8 Å². The van der Waals surface area contributed by atoms with Crippen molar-refractivity contribution < 1.29 is 14.4 Å². The Labute approximate surface area is 117 Å². The van der Waals surface area contributed by atoms with E-state index in [1.165, 1.54) is 64.2 Å². The molecule has 108 valence electrons. The lowest BCUT2D eigenvalue weighted by Gasteiger charge is -2.35. The van der Waals surface area contributed by atoms with E-state index in [0.29, 0.717) is 11.8 Å². The highest BCUT2D eigenvalue weighted by Crippen LogP contribution is 2.40. The Balaban J connectivity index is 1.67. The van der Waals surface area contributed by atoms with Gasteiger partial charge in [0.2, 0.25) is 0 Å². The van der Waals surface area contributed by atoms with Gasteiger partial charge in [-0.25, -0.2) is 0 Å². The molecule has 4 heteroatoms. The van der Waals surface area contributed by atoms with Gasteiger partial charge < -0.3 is 14.4 Å². The Morgan fingerprint density at radius 2 is 1.16 bits per heavy atom. The molecule has 0 radical (unpaired) electrons. The summed E-state index contributed by atoms with van der Waals surface area (Å²) in [4.78, 5) is 0. The van der Waals surface area contributed by atoms with Crippen molar-refractivity contribution >= 4 is 7.12 Å². The third-order valence-corrected chi connectivity index (χ3v) is 5.32. The average Bonchev–Trinajstić information content (AvgIpc) is 2.93. The minimum atomic E-state index is -0.362. The molecule has 1 saturated heterocycles. The van der Waals surface area contributed by atoms with Crippen molar-refractivity contribution in [2.75, 3.05) is 6.51 Å². The van der Waals surface area contributed by atoms with Crippen LogP contribution in [-0.2, 0) is 9.31 Å². The van der Waals surface area contributed by atoms with E-state index in [1.807, 2.05) is 0 Å². The first-order valence-corrected chi connectivity index (χ1v) is 8.30. The van der Waals surface area contributed by atoms with Gasteiger partial charge in [-0.1, -0.05) is 38.5 Å². The molecule has 2 aliphatic carbocycles. The van der Waals surface area contributed by atoms with Gasteiger partial charge >= 0.3 is 7.12 Å².